The average Bonchev–Trinajstić information content (AvgIpc) is 2.61. The van der Waals surface area contributed by atoms with Crippen molar-refractivity contribution in [1.29, 1.82) is 0 Å². The number of morpholine rings is 1. The van der Waals surface area contributed by atoms with Gasteiger partial charge in [-0.2, -0.15) is 0 Å². The highest BCUT2D eigenvalue weighted by atomic mass is 19.1. The third-order valence-electron chi connectivity index (χ3n) is 4.23. The summed E-state index contributed by atoms with van der Waals surface area (Å²) in [6.07, 6.45) is -0.106. The van der Waals surface area contributed by atoms with Gasteiger partial charge in [-0.15, -0.1) is 0 Å². The van der Waals surface area contributed by atoms with Gasteiger partial charge in [-0.1, -0.05) is 24.3 Å². The fourth-order valence-corrected chi connectivity index (χ4v) is 3.13. The van der Waals surface area contributed by atoms with Crippen molar-refractivity contribution in [3.63, 3.8) is 0 Å². The standard InChI is InChI=1S/C20H21FN2O3/c1-13-11-23(12-14(2)26-13)20(25)16-8-4-6-10-18(16)22-19(24)15-7-3-5-9-17(15)21/h3-10,13-14H,11-12H2,1-2H3,(H,22,24)/t13-,14-/m1/s1. The number of rotatable bonds is 3. The summed E-state index contributed by atoms with van der Waals surface area (Å²) in [6.45, 7) is 4.81. The molecule has 1 aliphatic heterocycles. The molecule has 2 aromatic rings. The highest BCUT2D eigenvalue weighted by Gasteiger charge is 2.28. The summed E-state index contributed by atoms with van der Waals surface area (Å²) in [4.78, 5) is 27.1. The first kappa shape index (κ1) is 18.1. The van der Waals surface area contributed by atoms with Crippen LogP contribution in [0, 0.1) is 5.82 Å². The maximum atomic E-state index is 13.8. The first-order valence-corrected chi connectivity index (χ1v) is 8.55. The second kappa shape index (κ2) is 7.66. The fourth-order valence-electron chi connectivity index (χ4n) is 3.13. The Morgan fingerprint density at radius 3 is 2.23 bits per heavy atom. The van der Waals surface area contributed by atoms with E-state index in [1.807, 2.05) is 13.8 Å². The van der Waals surface area contributed by atoms with Crippen LogP contribution in [0.1, 0.15) is 34.6 Å². The normalized spacial score (nSPS) is 19.9. The SMILES string of the molecule is C[C@@H]1CN(C(=O)c2ccccc2NC(=O)c2ccccc2F)C[C@@H](C)O1. The Hall–Kier alpha value is -2.73. The molecule has 0 aromatic heterocycles. The van der Waals surface area contributed by atoms with E-state index >= 15 is 0 Å². The number of hydrogen-bond acceptors (Lipinski definition) is 3. The number of nitrogens with zero attached hydrogens (tertiary/aromatic N) is 1. The van der Waals surface area contributed by atoms with Crippen molar-refractivity contribution in [3.05, 3.63) is 65.5 Å². The minimum atomic E-state index is -0.607. The zero-order valence-electron chi connectivity index (χ0n) is 14.7. The molecule has 0 saturated carbocycles. The first-order valence-electron chi connectivity index (χ1n) is 8.55. The zero-order chi connectivity index (χ0) is 18.7. The van der Waals surface area contributed by atoms with E-state index in [9.17, 15) is 14.0 Å². The van der Waals surface area contributed by atoms with E-state index in [0.29, 0.717) is 24.3 Å². The van der Waals surface area contributed by atoms with Crippen LogP contribution in [0.15, 0.2) is 48.5 Å². The second-order valence-corrected chi connectivity index (χ2v) is 6.45. The molecule has 6 heteroatoms. The molecule has 2 aromatic carbocycles. The number of carbonyl (C=O) groups is 2. The van der Waals surface area contributed by atoms with E-state index in [-0.39, 0.29) is 23.7 Å². The molecule has 2 atom stereocenters. The highest BCUT2D eigenvalue weighted by molar-refractivity contribution is 6.09. The number of halogens is 1. The second-order valence-electron chi connectivity index (χ2n) is 6.45. The van der Waals surface area contributed by atoms with Crippen molar-refractivity contribution in [2.75, 3.05) is 18.4 Å². The fraction of sp³-hybridized carbons (Fsp3) is 0.300. The van der Waals surface area contributed by atoms with Gasteiger partial charge in [0.2, 0.25) is 0 Å². The molecule has 0 bridgehead atoms. The predicted molar refractivity (Wildman–Crippen MR) is 96.7 cm³/mol. The quantitative estimate of drug-likeness (QED) is 0.918. The molecule has 26 heavy (non-hydrogen) atoms. The maximum Gasteiger partial charge on any atom is 0.258 e. The maximum absolute atomic E-state index is 13.8. The topological polar surface area (TPSA) is 58.6 Å². The number of nitrogens with one attached hydrogen (secondary N) is 1. The number of anilines is 1. The monoisotopic (exact) mass is 356 g/mol. The van der Waals surface area contributed by atoms with Crippen LogP contribution in [0.5, 0.6) is 0 Å². The van der Waals surface area contributed by atoms with Gasteiger partial charge in [0.05, 0.1) is 29.0 Å². The van der Waals surface area contributed by atoms with Gasteiger partial charge in [-0.25, -0.2) is 4.39 Å². The van der Waals surface area contributed by atoms with E-state index in [1.165, 1.54) is 18.2 Å². The largest absolute Gasteiger partial charge is 0.372 e. The van der Waals surface area contributed by atoms with Crippen LogP contribution in [0.3, 0.4) is 0 Å². The van der Waals surface area contributed by atoms with Crippen LogP contribution in [-0.4, -0.2) is 42.0 Å². The van der Waals surface area contributed by atoms with Crippen LogP contribution >= 0.6 is 0 Å². The number of para-hydroxylation sites is 1. The zero-order valence-corrected chi connectivity index (χ0v) is 14.7. The number of amides is 2. The Bertz CT molecular complexity index is 814. The lowest BCUT2D eigenvalue weighted by Gasteiger charge is -2.35. The summed E-state index contributed by atoms with van der Waals surface area (Å²) in [5.41, 5.74) is 0.666. The molecular formula is C20H21FN2O3. The molecule has 1 fully saturated rings. The molecule has 136 valence electrons. The minimum Gasteiger partial charge on any atom is -0.372 e. The Morgan fingerprint density at radius 2 is 1.58 bits per heavy atom. The van der Waals surface area contributed by atoms with Crippen molar-refractivity contribution in [3.8, 4) is 0 Å². The molecule has 0 unspecified atom stereocenters. The van der Waals surface area contributed by atoms with E-state index in [4.69, 9.17) is 4.74 Å². The van der Waals surface area contributed by atoms with E-state index in [1.54, 1.807) is 35.2 Å². The van der Waals surface area contributed by atoms with Crippen LogP contribution in [-0.2, 0) is 4.74 Å². The van der Waals surface area contributed by atoms with Crippen molar-refractivity contribution >= 4 is 17.5 Å². The third kappa shape index (κ3) is 3.91. The summed E-state index contributed by atoms with van der Waals surface area (Å²) >= 11 is 0. The van der Waals surface area contributed by atoms with Crippen molar-refractivity contribution in [2.24, 2.45) is 0 Å². The number of benzene rings is 2. The molecule has 1 heterocycles. The molecule has 2 amide bonds. The third-order valence-corrected chi connectivity index (χ3v) is 4.23. The molecular weight excluding hydrogens is 335 g/mol. The first-order chi connectivity index (χ1) is 12.5. The molecule has 5 nitrogen and oxygen atoms in total. The molecule has 1 N–H and O–H groups in total. The van der Waals surface area contributed by atoms with Gasteiger partial charge in [0, 0.05) is 13.1 Å². The smallest absolute Gasteiger partial charge is 0.258 e. The van der Waals surface area contributed by atoms with E-state index in [0.717, 1.165) is 0 Å². The van der Waals surface area contributed by atoms with Crippen LogP contribution in [0.25, 0.3) is 0 Å². The summed E-state index contributed by atoms with van der Waals surface area (Å²) in [6, 6.07) is 12.5. The minimum absolute atomic E-state index is 0.0529. The van der Waals surface area contributed by atoms with Crippen molar-refractivity contribution in [1.82, 2.24) is 4.90 Å². The Morgan fingerprint density at radius 1 is 1.00 bits per heavy atom. The predicted octanol–water partition coefficient (Wildman–Crippen LogP) is 3.33. The molecule has 0 aliphatic carbocycles. The lowest BCUT2D eigenvalue weighted by atomic mass is 10.1. The van der Waals surface area contributed by atoms with Gasteiger partial charge in [-0.3, -0.25) is 9.59 Å². The van der Waals surface area contributed by atoms with Crippen molar-refractivity contribution in [2.45, 2.75) is 26.1 Å². The Labute approximate surface area is 151 Å². The van der Waals surface area contributed by atoms with E-state index in [2.05, 4.69) is 5.32 Å². The van der Waals surface area contributed by atoms with Crippen LogP contribution < -0.4 is 5.32 Å². The Balaban J connectivity index is 1.83. The molecule has 0 spiro atoms. The van der Waals surface area contributed by atoms with Gasteiger partial charge in [0.15, 0.2) is 0 Å². The summed E-state index contributed by atoms with van der Waals surface area (Å²) in [7, 11) is 0. The number of ether oxygens (including phenoxy) is 1. The van der Waals surface area contributed by atoms with Gasteiger partial charge < -0.3 is 15.0 Å². The summed E-state index contributed by atoms with van der Waals surface area (Å²) < 4.78 is 19.5. The Kier molecular flexibility index (Phi) is 5.32. The molecule has 3 rings (SSSR count). The van der Waals surface area contributed by atoms with Gasteiger partial charge in [-0.05, 0) is 38.1 Å². The lowest BCUT2D eigenvalue weighted by Crippen LogP contribution is -2.48. The lowest BCUT2D eigenvalue weighted by molar-refractivity contribution is -0.0585. The summed E-state index contributed by atoms with van der Waals surface area (Å²) in [5, 5.41) is 2.65. The average molecular weight is 356 g/mol. The number of carbonyl (C=O) groups excluding carboxylic acids is 2. The van der Waals surface area contributed by atoms with Gasteiger partial charge in [0.25, 0.3) is 11.8 Å². The van der Waals surface area contributed by atoms with Crippen LogP contribution in [0.2, 0.25) is 0 Å². The van der Waals surface area contributed by atoms with Crippen molar-refractivity contribution < 1.29 is 18.7 Å². The highest BCUT2D eigenvalue weighted by Crippen LogP contribution is 2.21. The molecule has 0 radical (unpaired) electrons. The van der Waals surface area contributed by atoms with E-state index < -0.39 is 11.7 Å². The molecule has 1 aliphatic rings. The van der Waals surface area contributed by atoms with Gasteiger partial charge in [0.1, 0.15) is 5.82 Å². The van der Waals surface area contributed by atoms with Crippen LogP contribution in [0.4, 0.5) is 10.1 Å². The summed E-state index contributed by atoms with van der Waals surface area (Å²) in [5.74, 6) is -1.38. The number of hydrogen-bond donors (Lipinski definition) is 1. The molecule has 1 saturated heterocycles. The van der Waals surface area contributed by atoms with Gasteiger partial charge >= 0.3 is 0 Å².